The largest absolute Gasteiger partial charge is 0.466 e. The molecule has 9 heteroatoms. The van der Waals surface area contributed by atoms with E-state index in [0.29, 0.717) is 0 Å². The van der Waals surface area contributed by atoms with Gasteiger partial charge in [-0.1, -0.05) is 0 Å². The Labute approximate surface area is 61.2 Å². The van der Waals surface area contributed by atoms with Crippen molar-refractivity contribution in [2.24, 2.45) is 0 Å². The molecule has 3 N–H and O–H groups in total. The Morgan fingerprint density at radius 2 is 1.27 bits per heavy atom. The fourth-order valence-corrected chi connectivity index (χ4v) is 0.165. The Kier molecular flexibility index (Phi) is 4.39. The van der Waals surface area contributed by atoms with Crippen LogP contribution in [0.4, 0.5) is 0 Å². The van der Waals surface area contributed by atoms with Crippen LogP contribution in [0.2, 0.25) is 0 Å². The summed E-state index contributed by atoms with van der Waals surface area (Å²) in [7, 11) is -4.64. The Morgan fingerprint density at radius 1 is 1.00 bits per heavy atom. The van der Waals surface area contributed by atoms with Crippen molar-refractivity contribution >= 4 is 7.82 Å². The molecule has 0 bridgehead atoms. The monoisotopic (exact) mass is 180 g/mol. The third-order valence-corrected chi connectivity index (χ3v) is 0.343. The predicted octanol–water partition coefficient (Wildman–Crippen LogP) is -1.66. The molecule has 0 amide bonds. The molecule has 0 aromatic carbocycles. The van der Waals surface area contributed by atoms with Crippen LogP contribution >= 0.6 is 7.82 Å². The fourth-order valence-electron chi connectivity index (χ4n) is 0.165. The van der Waals surface area contributed by atoms with Gasteiger partial charge in [-0.15, -0.1) is 10.2 Å². The van der Waals surface area contributed by atoms with E-state index in [9.17, 15) is 0 Å². The van der Waals surface area contributed by atoms with E-state index < -0.39 is 7.82 Å². The highest BCUT2D eigenvalue weighted by Gasteiger charge is 2.00. The highest BCUT2D eigenvalue weighted by molar-refractivity contribution is 7.45. The molecular formula is C2H5N4O4P. The van der Waals surface area contributed by atoms with E-state index in [2.05, 4.69) is 20.6 Å². The molecule has 0 spiro atoms. The molecule has 62 valence electrons. The van der Waals surface area contributed by atoms with Gasteiger partial charge in [0.2, 0.25) is 0 Å². The molecule has 0 aliphatic rings. The molecule has 0 unspecified atom stereocenters. The van der Waals surface area contributed by atoms with Gasteiger partial charge in [0.25, 0.3) is 0 Å². The summed E-state index contributed by atoms with van der Waals surface area (Å²) in [5, 5.41) is 13.1. The van der Waals surface area contributed by atoms with E-state index in [1.165, 1.54) is 12.4 Å². The number of rotatable bonds is 0. The van der Waals surface area contributed by atoms with Gasteiger partial charge in [0.05, 0.1) is 12.4 Å². The predicted molar refractivity (Wildman–Crippen MR) is 31.9 cm³/mol. The molecule has 0 radical (unpaired) electrons. The summed E-state index contributed by atoms with van der Waals surface area (Å²) in [6.07, 6.45) is 2.93. The van der Waals surface area contributed by atoms with Gasteiger partial charge in [0, 0.05) is 0 Å². The van der Waals surface area contributed by atoms with Crippen molar-refractivity contribution in [1.29, 1.82) is 0 Å². The lowest BCUT2D eigenvalue weighted by Gasteiger charge is -1.82. The zero-order valence-corrected chi connectivity index (χ0v) is 6.04. The minimum atomic E-state index is -4.64. The zero-order valence-electron chi connectivity index (χ0n) is 5.14. The second-order valence-electron chi connectivity index (χ2n) is 1.22. The molecule has 11 heavy (non-hydrogen) atoms. The van der Waals surface area contributed by atoms with Gasteiger partial charge in [-0.3, -0.25) is 0 Å². The van der Waals surface area contributed by atoms with Crippen molar-refractivity contribution < 1.29 is 19.2 Å². The van der Waals surface area contributed by atoms with Gasteiger partial charge in [0.15, 0.2) is 0 Å². The highest BCUT2D eigenvalue weighted by Crippen LogP contribution is 2.25. The van der Waals surface area contributed by atoms with Crippen LogP contribution in [0, 0.1) is 0 Å². The molecule has 1 heterocycles. The molecule has 0 aliphatic heterocycles. The van der Waals surface area contributed by atoms with E-state index in [-0.39, 0.29) is 0 Å². The second kappa shape index (κ2) is 4.80. The summed E-state index contributed by atoms with van der Waals surface area (Å²) in [5.74, 6) is 0. The van der Waals surface area contributed by atoms with Crippen LogP contribution in [0.3, 0.4) is 0 Å². The topological polar surface area (TPSA) is 129 Å². The summed E-state index contributed by atoms with van der Waals surface area (Å²) in [5.41, 5.74) is 0. The van der Waals surface area contributed by atoms with Crippen molar-refractivity contribution in [3.8, 4) is 0 Å². The molecule has 0 saturated carbocycles. The average molecular weight is 180 g/mol. The SMILES string of the molecule is O=P(O)(O)O.c1cnnnn1. The van der Waals surface area contributed by atoms with Gasteiger partial charge < -0.3 is 14.7 Å². The molecule has 0 fully saturated rings. The van der Waals surface area contributed by atoms with E-state index in [1.807, 2.05) is 0 Å². The van der Waals surface area contributed by atoms with Crippen molar-refractivity contribution in [3.05, 3.63) is 12.4 Å². The lowest BCUT2D eigenvalue weighted by Crippen LogP contribution is -1.84. The smallest absolute Gasteiger partial charge is 0.303 e. The van der Waals surface area contributed by atoms with Crippen LogP contribution in [-0.4, -0.2) is 35.3 Å². The van der Waals surface area contributed by atoms with Gasteiger partial charge >= 0.3 is 7.82 Å². The molecule has 1 aromatic heterocycles. The lowest BCUT2D eigenvalue weighted by molar-refractivity contribution is 0.275. The van der Waals surface area contributed by atoms with Gasteiger partial charge in [-0.25, -0.2) is 4.57 Å². The molecule has 0 saturated heterocycles. The molecule has 8 nitrogen and oxygen atoms in total. The van der Waals surface area contributed by atoms with E-state index in [0.717, 1.165) is 0 Å². The molecular weight excluding hydrogens is 175 g/mol. The first-order valence-corrected chi connectivity index (χ1v) is 3.80. The zero-order chi connectivity index (χ0) is 8.74. The fraction of sp³-hybridized carbons (Fsp3) is 0. The summed E-state index contributed by atoms with van der Waals surface area (Å²) >= 11 is 0. The number of nitrogens with zero attached hydrogens (tertiary/aromatic N) is 4. The third kappa shape index (κ3) is 17.6. The van der Waals surface area contributed by atoms with Crippen LogP contribution in [0.15, 0.2) is 12.4 Å². The quantitative estimate of drug-likeness (QED) is 0.404. The summed E-state index contributed by atoms with van der Waals surface area (Å²) in [6.45, 7) is 0. The Bertz CT molecular complexity index is 188. The molecule has 1 rings (SSSR count). The van der Waals surface area contributed by atoms with Gasteiger partial charge in [-0.2, -0.15) is 0 Å². The molecule has 0 aliphatic carbocycles. The van der Waals surface area contributed by atoms with Gasteiger partial charge in [0.1, 0.15) is 0 Å². The van der Waals surface area contributed by atoms with Crippen LogP contribution in [0.1, 0.15) is 0 Å². The Balaban J connectivity index is 0.000000187. The van der Waals surface area contributed by atoms with E-state index in [1.54, 1.807) is 0 Å². The number of phosphoric acid groups is 1. The number of hydrogen-bond donors (Lipinski definition) is 3. The van der Waals surface area contributed by atoms with Crippen molar-refractivity contribution in [2.75, 3.05) is 0 Å². The second-order valence-corrected chi connectivity index (χ2v) is 2.25. The summed E-state index contributed by atoms with van der Waals surface area (Å²) in [6, 6.07) is 0. The maximum atomic E-state index is 8.88. The molecule has 0 atom stereocenters. The Morgan fingerprint density at radius 3 is 1.36 bits per heavy atom. The standard InChI is InChI=1S/C2H2N4.H3O4P/c1-2-4-6-5-3-1;1-5(2,3)4/h1-2H;(H3,1,2,3,4). The Hall–Kier alpha value is -0.950. The summed E-state index contributed by atoms with van der Waals surface area (Å²) in [4.78, 5) is 21.6. The van der Waals surface area contributed by atoms with Crippen LogP contribution in [0.5, 0.6) is 0 Å². The minimum Gasteiger partial charge on any atom is -0.303 e. The van der Waals surface area contributed by atoms with Crippen LogP contribution in [0.25, 0.3) is 0 Å². The first kappa shape index (κ1) is 10.0. The van der Waals surface area contributed by atoms with Crippen LogP contribution in [-0.2, 0) is 4.57 Å². The van der Waals surface area contributed by atoms with E-state index in [4.69, 9.17) is 19.2 Å². The minimum absolute atomic E-state index is 1.47. The number of hydrogen-bond acceptors (Lipinski definition) is 5. The third-order valence-electron chi connectivity index (χ3n) is 0.343. The molecule has 1 aromatic rings. The maximum absolute atomic E-state index is 8.88. The average Bonchev–Trinajstić information content (AvgIpc) is 1.88. The van der Waals surface area contributed by atoms with Crippen LogP contribution < -0.4 is 0 Å². The highest BCUT2D eigenvalue weighted by atomic mass is 31.2. The van der Waals surface area contributed by atoms with Crippen molar-refractivity contribution in [1.82, 2.24) is 20.6 Å². The van der Waals surface area contributed by atoms with Crippen molar-refractivity contribution in [3.63, 3.8) is 0 Å². The summed E-state index contributed by atoms with van der Waals surface area (Å²) < 4.78 is 8.88. The number of aromatic nitrogens is 4. The normalized spacial score (nSPS) is 9.73. The first-order valence-electron chi connectivity index (χ1n) is 2.23. The first-order chi connectivity index (χ1) is 5.00. The lowest BCUT2D eigenvalue weighted by atomic mass is 11.0. The maximum Gasteiger partial charge on any atom is 0.466 e. The van der Waals surface area contributed by atoms with Crippen molar-refractivity contribution in [2.45, 2.75) is 0 Å². The van der Waals surface area contributed by atoms with Gasteiger partial charge in [-0.05, 0) is 10.4 Å². The van der Waals surface area contributed by atoms with E-state index >= 15 is 0 Å².